The molecular weight excluding hydrogens is 344 g/mol. The average molecular weight is 360 g/mol. The Morgan fingerprint density at radius 2 is 2.00 bits per heavy atom. The van der Waals surface area contributed by atoms with E-state index in [1.54, 1.807) is 36.0 Å². The number of nitrogens with zero attached hydrogens (tertiary/aromatic N) is 3. The summed E-state index contributed by atoms with van der Waals surface area (Å²) in [6, 6.07) is 7.18. The third kappa shape index (κ3) is 3.65. The Bertz CT molecular complexity index is 862. The number of aromatic nitrogens is 3. The highest BCUT2D eigenvalue weighted by molar-refractivity contribution is 8.00. The predicted octanol–water partition coefficient (Wildman–Crippen LogP) is 4.20. The summed E-state index contributed by atoms with van der Waals surface area (Å²) >= 11 is 3.07. The largest absolute Gasteiger partial charge is 0.437 e. The van der Waals surface area contributed by atoms with E-state index < -0.39 is 0 Å². The minimum atomic E-state index is -0.0628. The van der Waals surface area contributed by atoms with Gasteiger partial charge >= 0.3 is 0 Å². The molecule has 0 unspecified atom stereocenters. The number of benzene rings is 1. The number of hydrogen-bond donors (Lipinski definition) is 1. The molecule has 8 heteroatoms. The molecule has 124 valence electrons. The molecule has 0 aliphatic carbocycles. The highest BCUT2D eigenvalue weighted by Gasteiger charge is 2.12. The lowest BCUT2D eigenvalue weighted by Gasteiger charge is -2.09. The zero-order valence-corrected chi connectivity index (χ0v) is 15.1. The normalized spacial score (nSPS) is 11.0. The quantitative estimate of drug-likeness (QED) is 0.687. The summed E-state index contributed by atoms with van der Waals surface area (Å²) in [6.45, 7) is 3.70. The van der Waals surface area contributed by atoms with Crippen molar-refractivity contribution in [3.05, 3.63) is 30.6 Å². The van der Waals surface area contributed by atoms with E-state index in [1.807, 2.05) is 20.1 Å². The molecule has 0 aliphatic rings. The van der Waals surface area contributed by atoms with Gasteiger partial charge in [-0.05, 0) is 30.5 Å². The van der Waals surface area contributed by atoms with Crippen molar-refractivity contribution in [1.82, 2.24) is 15.0 Å². The summed E-state index contributed by atoms with van der Waals surface area (Å²) in [5.41, 5.74) is 1.37. The molecule has 3 aromatic rings. The van der Waals surface area contributed by atoms with Crippen LogP contribution in [0.5, 0.6) is 11.6 Å². The van der Waals surface area contributed by atoms with Gasteiger partial charge in [-0.15, -0.1) is 11.3 Å². The second-order valence-electron chi connectivity index (χ2n) is 5.29. The van der Waals surface area contributed by atoms with Crippen LogP contribution in [0, 0.1) is 5.92 Å². The second-order valence-corrected chi connectivity index (χ2v) is 7.34. The summed E-state index contributed by atoms with van der Waals surface area (Å²) in [6.07, 6.45) is 3.41. The molecule has 0 spiro atoms. The molecule has 1 N–H and O–H groups in total. The van der Waals surface area contributed by atoms with Gasteiger partial charge in [0.05, 0.1) is 0 Å². The van der Waals surface area contributed by atoms with Crippen molar-refractivity contribution < 1.29 is 9.53 Å². The number of carbonyl (C=O) groups excluding carboxylic acids is 1. The van der Waals surface area contributed by atoms with Crippen molar-refractivity contribution in [2.45, 2.75) is 18.2 Å². The molecule has 2 heterocycles. The molecule has 0 fully saturated rings. The van der Waals surface area contributed by atoms with E-state index >= 15 is 0 Å². The third-order valence-corrected chi connectivity index (χ3v) is 5.19. The monoisotopic (exact) mass is 360 g/mol. The van der Waals surface area contributed by atoms with Gasteiger partial charge in [-0.1, -0.05) is 25.6 Å². The maximum atomic E-state index is 11.7. The van der Waals surface area contributed by atoms with Crippen LogP contribution in [0.15, 0.2) is 34.9 Å². The SMILES string of the molecule is CSc1nc2ncnc(Oc3ccc(NC(=O)C(C)C)cc3)c2s1. The minimum Gasteiger partial charge on any atom is -0.437 e. The van der Waals surface area contributed by atoms with Crippen LogP contribution in [0.25, 0.3) is 10.3 Å². The molecule has 0 radical (unpaired) electrons. The lowest BCUT2D eigenvalue weighted by Crippen LogP contribution is -2.17. The van der Waals surface area contributed by atoms with Gasteiger partial charge in [0.2, 0.25) is 11.8 Å². The molecule has 1 amide bonds. The zero-order chi connectivity index (χ0) is 17.1. The zero-order valence-electron chi connectivity index (χ0n) is 13.4. The second kappa shape index (κ2) is 7.14. The lowest BCUT2D eigenvalue weighted by atomic mass is 10.2. The summed E-state index contributed by atoms with van der Waals surface area (Å²) in [5.74, 6) is 1.04. The number of carbonyl (C=O) groups is 1. The predicted molar refractivity (Wildman–Crippen MR) is 97.0 cm³/mol. The van der Waals surface area contributed by atoms with Crippen LogP contribution in [-0.4, -0.2) is 27.1 Å². The van der Waals surface area contributed by atoms with Crippen LogP contribution in [0.3, 0.4) is 0 Å². The van der Waals surface area contributed by atoms with Crippen LogP contribution < -0.4 is 10.1 Å². The molecule has 6 nitrogen and oxygen atoms in total. The Balaban J connectivity index is 1.79. The molecule has 24 heavy (non-hydrogen) atoms. The summed E-state index contributed by atoms with van der Waals surface area (Å²) in [4.78, 5) is 24.5. The Kier molecular flexibility index (Phi) is 4.96. The van der Waals surface area contributed by atoms with Crippen LogP contribution in [0.2, 0.25) is 0 Å². The molecule has 0 atom stereocenters. The van der Waals surface area contributed by atoms with Crippen molar-refractivity contribution in [3.63, 3.8) is 0 Å². The molecule has 3 rings (SSSR count). The molecule has 0 saturated carbocycles. The Hall–Kier alpha value is -2.19. The standard InChI is InChI=1S/C16H16N4O2S2/c1-9(2)14(21)19-10-4-6-11(7-5-10)22-15-12-13(17-8-18-15)20-16(23-3)24-12/h4-9H,1-3H3,(H,19,21). The fourth-order valence-corrected chi connectivity index (χ4v) is 3.32. The number of ether oxygens (including phenoxy) is 1. The minimum absolute atomic E-state index is 0.0181. The van der Waals surface area contributed by atoms with E-state index in [0.717, 1.165) is 14.7 Å². The van der Waals surface area contributed by atoms with Crippen molar-refractivity contribution in [2.24, 2.45) is 5.92 Å². The van der Waals surface area contributed by atoms with Gasteiger partial charge in [-0.25, -0.2) is 15.0 Å². The van der Waals surface area contributed by atoms with Crippen molar-refractivity contribution in [2.75, 3.05) is 11.6 Å². The van der Waals surface area contributed by atoms with Gasteiger partial charge in [0.25, 0.3) is 0 Å². The van der Waals surface area contributed by atoms with Crippen LogP contribution in [0.1, 0.15) is 13.8 Å². The first kappa shape index (κ1) is 16.7. The molecular formula is C16H16N4O2S2. The summed E-state index contributed by atoms with van der Waals surface area (Å²) in [5, 5.41) is 2.84. The number of hydrogen-bond acceptors (Lipinski definition) is 7. The number of anilines is 1. The number of thioether (sulfide) groups is 1. The number of thiazole rings is 1. The van der Waals surface area contributed by atoms with Gasteiger partial charge in [0, 0.05) is 11.6 Å². The Morgan fingerprint density at radius 1 is 1.25 bits per heavy atom. The fraction of sp³-hybridized carbons (Fsp3) is 0.250. The first-order valence-corrected chi connectivity index (χ1v) is 9.35. The summed E-state index contributed by atoms with van der Waals surface area (Å²) < 4.78 is 7.59. The van der Waals surface area contributed by atoms with Gasteiger partial charge in [-0.2, -0.15) is 0 Å². The molecule has 1 aromatic carbocycles. The first-order valence-electron chi connectivity index (χ1n) is 7.31. The molecule has 0 aliphatic heterocycles. The maximum absolute atomic E-state index is 11.7. The van der Waals surface area contributed by atoms with Crippen LogP contribution in [-0.2, 0) is 4.79 Å². The van der Waals surface area contributed by atoms with Crippen molar-refractivity contribution in [1.29, 1.82) is 0 Å². The number of rotatable bonds is 5. The van der Waals surface area contributed by atoms with Crippen LogP contribution in [0.4, 0.5) is 5.69 Å². The van der Waals surface area contributed by atoms with E-state index in [2.05, 4.69) is 20.3 Å². The van der Waals surface area contributed by atoms with E-state index in [9.17, 15) is 4.79 Å². The first-order chi connectivity index (χ1) is 11.6. The third-order valence-electron chi connectivity index (χ3n) is 3.17. The van der Waals surface area contributed by atoms with E-state index in [1.165, 1.54) is 17.7 Å². The lowest BCUT2D eigenvalue weighted by molar-refractivity contribution is -0.118. The van der Waals surface area contributed by atoms with Crippen molar-refractivity contribution >= 4 is 45.0 Å². The molecule has 0 saturated heterocycles. The maximum Gasteiger partial charge on any atom is 0.242 e. The Morgan fingerprint density at radius 3 is 2.67 bits per heavy atom. The average Bonchev–Trinajstić information content (AvgIpc) is 3.01. The molecule has 2 aromatic heterocycles. The number of fused-ring (bicyclic) bond motifs is 1. The van der Waals surface area contributed by atoms with Gasteiger partial charge in [0.1, 0.15) is 16.8 Å². The fourth-order valence-electron chi connectivity index (χ4n) is 1.88. The van der Waals surface area contributed by atoms with Gasteiger partial charge in [-0.3, -0.25) is 4.79 Å². The Labute approximate surface area is 147 Å². The van der Waals surface area contributed by atoms with E-state index in [-0.39, 0.29) is 11.8 Å². The highest BCUT2D eigenvalue weighted by atomic mass is 32.2. The topological polar surface area (TPSA) is 77.0 Å². The number of amides is 1. The van der Waals surface area contributed by atoms with Gasteiger partial charge < -0.3 is 10.1 Å². The highest BCUT2D eigenvalue weighted by Crippen LogP contribution is 2.34. The van der Waals surface area contributed by atoms with Crippen molar-refractivity contribution in [3.8, 4) is 11.6 Å². The van der Waals surface area contributed by atoms with E-state index in [4.69, 9.17) is 4.74 Å². The van der Waals surface area contributed by atoms with Gasteiger partial charge in [0.15, 0.2) is 9.99 Å². The van der Waals surface area contributed by atoms with Crippen LogP contribution >= 0.6 is 23.1 Å². The summed E-state index contributed by atoms with van der Waals surface area (Å²) in [7, 11) is 0. The smallest absolute Gasteiger partial charge is 0.242 e. The van der Waals surface area contributed by atoms with E-state index in [0.29, 0.717) is 17.3 Å². The molecule has 0 bridgehead atoms. The number of nitrogens with one attached hydrogen (secondary N) is 1.